The van der Waals surface area contributed by atoms with Gasteiger partial charge in [-0.25, -0.2) is 0 Å². The van der Waals surface area contributed by atoms with Crippen molar-refractivity contribution in [1.29, 1.82) is 0 Å². The van der Waals surface area contributed by atoms with Crippen molar-refractivity contribution in [2.24, 2.45) is 0 Å². The van der Waals surface area contributed by atoms with E-state index in [4.69, 9.17) is 11.5 Å². The predicted molar refractivity (Wildman–Crippen MR) is 74.6 cm³/mol. The lowest BCUT2D eigenvalue weighted by Gasteiger charge is -2.06. The minimum atomic E-state index is -0.0372. The molecule has 0 atom stereocenters. The summed E-state index contributed by atoms with van der Waals surface area (Å²) in [5, 5.41) is 0. The second-order valence-corrected chi connectivity index (χ2v) is 4.47. The van der Waals surface area contributed by atoms with E-state index in [0.717, 1.165) is 11.1 Å². The monoisotopic (exact) mass is 240 g/mol. The van der Waals surface area contributed by atoms with Gasteiger partial charge in [0.25, 0.3) is 0 Å². The normalized spacial score (nSPS) is 10.3. The minimum Gasteiger partial charge on any atom is -0.399 e. The molecule has 0 bridgehead atoms. The SMILES string of the molecule is Cc1cc(C(=O)c2ccc(C)c(N)c2)ccc1N. The number of carbonyl (C=O) groups excluding carboxylic acids is 1. The number of rotatable bonds is 2. The van der Waals surface area contributed by atoms with Crippen molar-refractivity contribution in [3.8, 4) is 0 Å². The first kappa shape index (κ1) is 12.2. The summed E-state index contributed by atoms with van der Waals surface area (Å²) in [6.07, 6.45) is 0. The molecule has 3 heteroatoms. The smallest absolute Gasteiger partial charge is 0.193 e. The number of hydrogen-bond donors (Lipinski definition) is 2. The summed E-state index contributed by atoms with van der Waals surface area (Å²) in [5.74, 6) is -0.0372. The number of carbonyl (C=O) groups is 1. The van der Waals surface area contributed by atoms with Crippen LogP contribution >= 0.6 is 0 Å². The van der Waals surface area contributed by atoms with Crippen LogP contribution in [0.15, 0.2) is 36.4 Å². The third-order valence-corrected chi connectivity index (χ3v) is 3.07. The van der Waals surface area contributed by atoms with Crippen LogP contribution in [-0.2, 0) is 0 Å². The molecule has 0 saturated carbocycles. The predicted octanol–water partition coefficient (Wildman–Crippen LogP) is 2.70. The molecule has 3 nitrogen and oxygen atoms in total. The first-order valence-electron chi connectivity index (χ1n) is 5.76. The number of anilines is 2. The van der Waals surface area contributed by atoms with E-state index in [1.165, 1.54) is 0 Å². The highest BCUT2D eigenvalue weighted by molar-refractivity contribution is 6.09. The Balaban J connectivity index is 2.41. The third kappa shape index (κ3) is 2.20. The lowest BCUT2D eigenvalue weighted by Crippen LogP contribution is -2.04. The maximum atomic E-state index is 12.3. The number of nitrogen functional groups attached to an aromatic ring is 2. The molecule has 0 saturated heterocycles. The maximum absolute atomic E-state index is 12.3. The summed E-state index contributed by atoms with van der Waals surface area (Å²) in [5.41, 5.74) is 16.0. The summed E-state index contributed by atoms with van der Waals surface area (Å²) in [4.78, 5) is 12.3. The van der Waals surface area contributed by atoms with Gasteiger partial charge in [0, 0.05) is 22.5 Å². The number of ketones is 1. The molecular weight excluding hydrogens is 224 g/mol. The van der Waals surface area contributed by atoms with Crippen molar-refractivity contribution < 1.29 is 4.79 Å². The highest BCUT2D eigenvalue weighted by Gasteiger charge is 2.10. The Hall–Kier alpha value is -2.29. The second kappa shape index (κ2) is 4.53. The Kier molecular flexibility index (Phi) is 3.06. The fourth-order valence-electron chi connectivity index (χ4n) is 1.77. The van der Waals surface area contributed by atoms with Gasteiger partial charge in [0.1, 0.15) is 0 Å². The average molecular weight is 240 g/mol. The van der Waals surface area contributed by atoms with Crippen molar-refractivity contribution in [2.45, 2.75) is 13.8 Å². The highest BCUT2D eigenvalue weighted by Crippen LogP contribution is 2.19. The first-order chi connectivity index (χ1) is 8.49. The van der Waals surface area contributed by atoms with Crippen LogP contribution in [0.1, 0.15) is 27.0 Å². The summed E-state index contributed by atoms with van der Waals surface area (Å²) < 4.78 is 0. The molecule has 2 aromatic rings. The topological polar surface area (TPSA) is 69.1 Å². The fourth-order valence-corrected chi connectivity index (χ4v) is 1.77. The first-order valence-corrected chi connectivity index (χ1v) is 5.76. The van der Waals surface area contributed by atoms with E-state index >= 15 is 0 Å². The Morgan fingerprint density at radius 1 is 0.833 bits per heavy atom. The summed E-state index contributed by atoms with van der Waals surface area (Å²) >= 11 is 0. The van der Waals surface area contributed by atoms with Gasteiger partial charge in [0.15, 0.2) is 5.78 Å². The average Bonchev–Trinajstić information content (AvgIpc) is 2.35. The van der Waals surface area contributed by atoms with Crippen LogP contribution in [0.2, 0.25) is 0 Å². The van der Waals surface area contributed by atoms with Crippen molar-refractivity contribution in [1.82, 2.24) is 0 Å². The van der Waals surface area contributed by atoms with Gasteiger partial charge in [-0.2, -0.15) is 0 Å². The van der Waals surface area contributed by atoms with Crippen LogP contribution < -0.4 is 11.5 Å². The molecule has 0 aromatic heterocycles. The maximum Gasteiger partial charge on any atom is 0.193 e. The van der Waals surface area contributed by atoms with Crippen molar-refractivity contribution in [3.63, 3.8) is 0 Å². The van der Waals surface area contributed by atoms with Crippen LogP contribution in [-0.4, -0.2) is 5.78 Å². The van der Waals surface area contributed by atoms with E-state index in [2.05, 4.69) is 0 Å². The molecule has 2 aromatic carbocycles. The Labute approximate surface area is 106 Å². The number of aryl methyl sites for hydroxylation is 2. The number of benzene rings is 2. The molecule has 0 aliphatic heterocycles. The zero-order valence-corrected chi connectivity index (χ0v) is 10.5. The fraction of sp³-hybridized carbons (Fsp3) is 0.133. The van der Waals surface area contributed by atoms with E-state index in [1.54, 1.807) is 30.3 Å². The molecule has 0 radical (unpaired) electrons. The minimum absolute atomic E-state index is 0.0372. The molecular formula is C15H16N2O. The lowest BCUT2D eigenvalue weighted by atomic mass is 9.99. The second-order valence-electron chi connectivity index (χ2n) is 4.47. The van der Waals surface area contributed by atoms with Gasteiger partial charge in [0.05, 0.1) is 0 Å². The van der Waals surface area contributed by atoms with Gasteiger partial charge in [-0.3, -0.25) is 4.79 Å². The zero-order chi connectivity index (χ0) is 13.3. The van der Waals surface area contributed by atoms with E-state index < -0.39 is 0 Å². The van der Waals surface area contributed by atoms with Crippen LogP contribution in [0.4, 0.5) is 11.4 Å². The molecule has 0 amide bonds. The molecule has 0 aliphatic rings. The van der Waals surface area contributed by atoms with E-state index in [1.807, 2.05) is 19.9 Å². The molecule has 0 unspecified atom stereocenters. The van der Waals surface area contributed by atoms with Crippen LogP contribution in [0.5, 0.6) is 0 Å². The van der Waals surface area contributed by atoms with Gasteiger partial charge >= 0.3 is 0 Å². The van der Waals surface area contributed by atoms with Crippen molar-refractivity contribution in [3.05, 3.63) is 58.7 Å². The summed E-state index contributed by atoms with van der Waals surface area (Å²) in [7, 11) is 0. The Morgan fingerprint density at radius 3 is 2.06 bits per heavy atom. The van der Waals surface area contributed by atoms with Crippen molar-refractivity contribution in [2.75, 3.05) is 11.5 Å². The van der Waals surface area contributed by atoms with E-state index in [-0.39, 0.29) is 5.78 Å². The quantitative estimate of drug-likeness (QED) is 0.626. The molecule has 0 heterocycles. The molecule has 4 N–H and O–H groups in total. The van der Waals surface area contributed by atoms with Gasteiger partial charge in [0.2, 0.25) is 0 Å². The molecule has 2 rings (SSSR count). The Bertz CT molecular complexity index is 564. The van der Waals surface area contributed by atoms with Crippen LogP contribution in [0.25, 0.3) is 0 Å². The molecule has 0 fully saturated rings. The van der Waals surface area contributed by atoms with Crippen LogP contribution in [0.3, 0.4) is 0 Å². The molecule has 18 heavy (non-hydrogen) atoms. The molecule has 0 spiro atoms. The number of hydrogen-bond acceptors (Lipinski definition) is 3. The summed E-state index contributed by atoms with van der Waals surface area (Å²) in [6, 6.07) is 10.6. The zero-order valence-electron chi connectivity index (χ0n) is 10.5. The lowest BCUT2D eigenvalue weighted by molar-refractivity contribution is 0.103. The third-order valence-electron chi connectivity index (χ3n) is 3.07. The largest absolute Gasteiger partial charge is 0.399 e. The van der Waals surface area contributed by atoms with Gasteiger partial charge in [-0.05, 0) is 49.2 Å². The molecule has 0 aliphatic carbocycles. The van der Waals surface area contributed by atoms with Gasteiger partial charge in [-0.15, -0.1) is 0 Å². The Morgan fingerprint density at radius 2 is 1.44 bits per heavy atom. The standard InChI is InChI=1S/C15H16N2O/c1-9-3-4-12(8-14(9)17)15(18)11-5-6-13(16)10(2)7-11/h3-8H,16-17H2,1-2H3. The highest BCUT2D eigenvalue weighted by atomic mass is 16.1. The van der Waals surface area contributed by atoms with Gasteiger partial charge in [-0.1, -0.05) is 12.1 Å². The van der Waals surface area contributed by atoms with Crippen molar-refractivity contribution >= 4 is 17.2 Å². The van der Waals surface area contributed by atoms with E-state index in [0.29, 0.717) is 22.5 Å². The van der Waals surface area contributed by atoms with Gasteiger partial charge < -0.3 is 11.5 Å². The van der Waals surface area contributed by atoms with Crippen LogP contribution in [0, 0.1) is 13.8 Å². The van der Waals surface area contributed by atoms with E-state index in [9.17, 15) is 4.79 Å². The molecule has 92 valence electrons. The summed E-state index contributed by atoms with van der Waals surface area (Å²) in [6.45, 7) is 3.80. The number of nitrogens with two attached hydrogens (primary N) is 2.